The number of hydrogen-bond acceptors (Lipinski definition) is 7. The Morgan fingerprint density at radius 3 is 2.48 bits per heavy atom. The van der Waals surface area contributed by atoms with Gasteiger partial charge in [-0.3, -0.25) is 14.9 Å². The molecule has 1 amide bonds. The van der Waals surface area contributed by atoms with Crippen LogP contribution in [0.4, 0.5) is 5.69 Å². The summed E-state index contributed by atoms with van der Waals surface area (Å²) in [5, 5.41) is 11.0. The van der Waals surface area contributed by atoms with E-state index < -0.39 is 20.9 Å². The molecule has 0 radical (unpaired) electrons. The average Bonchev–Trinajstić information content (AvgIpc) is 3.09. The number of benzene rings is 2. The maximum atomic E-state index is 12.7. The maximum absolute atomic E-state index is 12.7. The molecule has 0 atom stereocenters. The minimum absolute atomic E-state index is 0.0377. The molecule has 3 aromatic rings. The number of nitro groups is 1. The third kappa shape index (κ3) is 4.14. The molecule has 0 spiro atoms. The fourth-order valence-corrected chi connectivity index (χ4v) is 5.66. The van der Waals surface area contributed by atoms with E-state index in [1.54, 1.807) is 17.7 Å². The number of aromatic nitrogens is 1. The Morgan fingerprint density at radius 2 is 1.84 bits per heavy atom. The van der Waals surface area contributed by atoms with Crippen molar-refractivity contribution in [3.05, 3.63) is 62.9 Å². The highest BCUT2D eigenvalue weighted by Gasteiger charge is 2.26. The highest BCUT2D eigenvalue weighted by molar-refractivity contribution is 7.89. The minimum Gasteiger partial charge on any atom is -0.379 e. The van der Waals surface area contributed by atoms with Gasteiger partial charge in [-0.15, -0.1) is 0 Å². The Balaban J connectivity index is 1.62. The van der Waals surface area contributed by atoms with Gasteiger partial charge in [0, 0.05) is 37.8 Å². The van der Waals surface area contributed by atoms with Crippen LogP contribution in [0.5, 0.6) is 0 Å². The lowest BCUT2D eigenvalue weighted by molar-refractivity contribution is -0.384. The molecule has 2 heterocycles. The summed E-state index contributed by atoms with van der Waals surface area (Å²) in [6, 6.07) is 10.1. The number of nitro benzene ring substituents is 1. The minimum atomic E-state index is -3.64. The van der Waals surface area contributed by atoms with Crippen molar-refractivity contribution in [2.75, 3.05) is 26.3 Å². The van der Waals surface area contributed by atoms with Crippen molar-refractivity contribution < 1.29 is 22.9 Å². The summed E-state index contributed by atoms with van der Waals surface area (Å²) in [7, 11) is -1.93. The summed E-state index contributed by atoms with van der Waals surface area (Å²) >= 11 is 1.16. The number of rotatable bonds is 4. The Morgan fingerprint density at radius 1 is 1.16 bits per heavy atom. The van der Waals surface area contributed by atoms with Gasteiger partial charge in [0.25, 0.3) is 11.6 Å². The Bertz CT molecular complexity index is 1340. The number of nitrogens with zero attached hydrogens (tertiary/aromatic N) is 4. The molecule has 0 unspecified atom stereocenters. The normalized spacial score (nSPS) is 16.0. The molecule has 162 valence electrons. The summed E-state index contributed by atoms with van der Waals surface area (Å²) in [6.07, 6.45) is 0. The van der Waals surface area contributed by atoms with Crippen LogP contribution in [0.1, 0.15) is 10.4 Å². The molecular formula is C19H18N4O6S2. The van der Waals surface area contributed by atoms with Gasteiger partial charge in [0.1, 0.15) is 0 Å². The second-order valence-electron chi connectivity index (χ2n) is 6.81. The lowest BCUT2D eigenvalue weighted by Gasteiger charge is -2.26. The van der Waals surface area contributed by atoms with Gasteiger partial charge in [-0.05, 0) is 30.3 Å². The summed E-state index contributed by atoms with van der Waals surface area (Å²) < 4.78 is 34.2. The molecule has 4 rings (SSSR count). The zero-order valence-electron chi connectivity index (χ0n) is 16.4. The van der Waals surface area contributed by atoms with Gasteiger partial charge >= 0.3 is 0 Å². The van der Waals surface area contributed by atoms with Crippen LogP contribution in [-0.2, 0) is 21.8 Å². The van der Waals surface area contributed by atoms with Gasteiger partial charge in [0.2, 0.25) is 10.0 Å². The Hall–Kier alpha value is -2.93. The number of thiazole rings is 1. The lowest BCUT2D eigenvalue weighted by Crippen LogP contribution is -2.40. The van der Waals surface area contributed by atoms with Gasteiger partial charge < -0.3 is 9.30 Å². The molecule has 1 aliphatic heterocycles. The molecule has 1 saturated heterocycles. The van der Waals surface area contributed by atoms with E-state index in [1.165, 1.54) is 40.7 Å². The zero-order valence-corrected chi connectivity index (χ0v) is 18.1. The third-order valence-corrected chi connectivity index (χ3v) is 7.92. The Labute approximate surface area is 181 Å². The fraction of sp³-hybridized carbons (Fsp3) is 0.263. The molecule has 31 heavy (non-hydrogen) atoms. The van der Waals surface area contributed by atoms with Gasteiger partial charge in [-0.2, -0.15) is 9.30 Å². The number of ether oxygens (including phenoxy) is 1. The summed E-state index contributed by atoms with van der Waals surface area (Å²) in [5.41, 5.74) is 0.919. The number of non-ortho nitro benzene ring substituents is 1. The van der Waals surface area contributed by atoms with E-state index in [9.17, 15) is 23.3 Å². The fourth-order valence-electron chi connectivity index (χ4n) is 3.20. The summed E-state index contributed by atoms with van der Waals surface area (Å²) in [6.45, 7) is 1.28. The first-order chi connectivity index (χ1) is 14.8. The third-order valence-electron chi connectivity index (χ3n) is 4.91. The van der Waals surface area contributed by atoms with E-state index in [4.69, 9.17) is 4.74 Å². The maximum Gasteiger partial charge on any atom is 0.279 e. The molecule has 0 saturated carbocycles. The number of sulfonamides is 1. The average molecular weight is 463 g/mol. The number of aryl methyl sites for hydroxylation is 1. The highest BCUT2D eigenvalue weighted by Crippen LogP contribution is 2.23. The SMILES string of the molecule is Cn1c(=NC(=O)c2ccc(S(=O)(=O)N3CCOCC3)cc2)sc2cc([N+](=O)[O-])ccc21. The number of fused-ring (bicyclic) bond motifs is 1. The smallest absolute Gasteiger partial charge is 0.279 e. The van der Waals surface area contributed by atoms with Crippen LogP contribution in [0.15, 0.2) is 52.4 Å². The van der Waals surface area contributed by atoms with E-state index >= 15 is 0 Å². The van der Waals surface area contributed by atoms with Crippen molar-refractivity contribution in [3.8, 4) is 0 Å². The van der Waals surface area contributed by atoms with E-state index in [1.807, 2.05) is 0 Å². The quantitative estimate of drug-likeness (QED) is 0.431. The molecule has 12 heteroatoms. The lowest BCUT2D eigenvalue weighted by atomic mass is 10.2. The molecule has 2 aromatic carbocycles. The molecule has 1 aliphatic rings. The summed E-state index contributed by atoms with van der Waals surface area (Å²) in [4.78, 5) is 27.7. The largest absolute Gasteiger partial charge is 0.379 e. The number of amides is 1. The van der Waals surface area contributed by atoms with E-state index in [-0.39, 0.29) is 16.1 Å². The first kappa shape index (κ1) is 21.3. The second kappa shape index (κ2) is 8.30. The van der Waals surface area contributed by atoms with Gasteiger partial charge in [0.15, 0.2) is 4.80 Å². The van der Waals surface area contributed by atoms with Crippen molar-refractivity contribution in [2.45, 2.75) is 4.90 Å². The monoisotopic (exact) mass is 462 g/mol. The van der Waals surface area contributed by atoms with E-state index in [0.29, 0.717) is 41.3 Å². The van der Waals surface area contributed by atoms with Crippen molar-refractivity contribution in [2.24, 2.45) is 12.0 Å². The molecule has 1 aromatic heterocycles. The number of morpholine rings is 1. The van der Waals surface area contributed by atoms with Crippen molar-refractivity contribution in [1.29, 1.82) is 0 Å². The van der Waals surface area contributed by atoms with Crippen LogP contribution in [0.3, 0.4) is 0 Å². The van der Waals surface area contributed by atoms with Crippen molar-refractivity contribution in [3.63, 3.8) is 0 Å². The Kier molecular flexibility index (Phi) is 5.71. The number of carbonyl (C=O) groups excluding carboxylic acids is 1. The highest BCUT2D eigenvalue weighted by atomic mass is 32.2. The van der Waals surface area contributed by atoms with Crippen LogP contribution in [0.2, 0.25) is 0 Å². The molecule has 0 aliphatic carbocycles. The molecule has 0 bridgehead atoms. The van der Waals surface area contributed by atoms with Gasteiger partial charge in [-0.25, -0.2) is 8.42 Å². The standard InChI is InChI=1S/C19H18N4O6S2/c1-21-16-7-4-14(23(25)26)12-17(16)30-19(21)20-18(24)13-2-5-15(6-3-13)31(27,28)22-8-10-29-11-9-22/h2-7,12H,8-11H2,1H3. The van der Waals surface area contributed by atoms with Crippen LogP contribution < -0.4 is 4.80 Å². The van der Waals surface area contributed by atoms with Crippen LogP contribution in [0, 0.1) is 10.1 Å². The first-order valence-corrected chi connectivity index (χ1v) is 11.5. The number of hydrogen-bond donors (Lipinski definition) is 0. The van der Waals surface area contributed by atoms with Crippen LogP contribution in [-0.4, -0.2) is 54.4 Å². The van der Waals surface area contributed by atoms with Crippen molar-refractivity contribution in [1.82, 2.24) is 8.87 Å². The zero-order chi connectivity index (χ0) is 22.2. The molecule has 0 N–H and O–H groups in total. The van der Waals surface area contributed by atoms with Gasteiger partial charge in [0.05, 0.1) is 33.2 Å². The summed E-state index contributed by atoms with van der Waals surface area (Å²) in [5.74, 6) is -0.535. The first-order valence-electron chi connectivity index (χ1n) is 9.28. The van der Waals surface area contributed by atoms with Crippen LogP contribution in [0.25, 0.3) is 10.2 Å². The van der Waals surface area contributed by atoms with E-state index in [0.717, 1.165) is 11.3 Å². The number of carbonyl (C=O) groups is 1. The second-order valence-corrected chi connectivity index (χ2v) is 9.76. The predicted molar refractivity (Wildman–Crippen MR) is 113 cm³/mol. The predicted octanol–water partition coefficient (Wildman–Crippen LogP) is 1.91. The van der Waals surface area contributed by atoms with Crippen LogP contribution >= 0.6 is 11.3 Å². The van der Waals surface area contributed by atoms with Gasteiger partial charge in [-0.1, -0.05) is 11.3 Å². The molecule has 10 nitrogen and oxygen atoms in total. The van der Waals surface area contributed by atoms with E-state index in [2.05, 4.69) is 4.99 Å². The topological polar surface area (TPSA) is 124 Å². The molecular weight excluding hydrogens is 444 g/mol. The molecule has 1 fully saturated rings. The van der Waals surface area contributed by atoms with Crippen molar-refractivity contribution >= 4 is 43.2 Å².